The van der Waals surface area contributed by atoms with E-state index in [0.717, 1.165) is 28.6 Å². The number of methoxy groups -OCH3 is 1. The molecule has 1 aliphatic heterocycles. The van der Waals surface area contributed by atoms with Crippen molar-refractivity contribution in [3.8, 4) is 16.9 Å². The van der Waals surface area contributed by atoms with Crippen molar-refractivity contribution in [2.24, 2.45) is 5.41 Å². The number of alkyl halides is 3. The third-order valence-electron chi connectivity index (χ3n) is 6.60. The number of carboxylic acids is 1. The summed E-state index contributed by atoms with van der Waals surface area (Å²) >= 11 is 5.78. The lowest BCUT2D eigenvalue weighted by molar-refractivity contribution is -0.153. The van der Waals surface area contributed by atoms with Gasteiger partial charge in [0.15, 0.2) is 0 Å². The van der Waals surface area contributed by atoms with Gasteiger partial charge in [-0.3, -0.25) is 9.10 Å². The largest absolute Gasteiger partial charge is 0.486 e. The van der Waals surface area contributed by atoms with E-state index in [1.807, 2.05) is 0 Å². The molecule has 1 N–H and O–H groups in total. The minimum absolute atomic E-state index is 0.00343. The molecule has 0 spiro atoms. The van der Waals surface area contributed by atoms with E-state index < -0.39 is 67.3 Å². The molecule has 0 saturated carbocycles. The van der Waals surface area contributed by atoms with Crippen LogP contribution in [0.25, 0.3) is 11.1 Å². The number of carbonyl (C=O) groups is 1. The predicted molar refractivity (Wildman–Crippen MR) is 139 cm³/mol. The predicted octanol–water partition coefficient (Wildman–Crippen LogP) is 6.39. The number of benzene rings is 3. The van der Waals surface area contributed by atoms with E-state index in [4.69, 9.17) is 21.1 Å². The maximum atomic E-state index is 14.8. The van der Waals surface area contributed by atoms with Crippen LogP contribution in [0.15, 0.2) is 59.5 Å². The Kier molecular flexibility index (Phi) is 8.27. The molecule has 14 heteroatoms. The second kappa shape index (κ2) is 11.1. The molecule has 0 amide bonds. The van der Waals surface area contributed by atoms with E-state index >= 15 is 0 Å². The van der Waals surface area contributed by atoms with Crippen molar-refractivity contribution < 1.29 is 49.7 Å². The van der Waals surface area contributed by atoms with Gasteiger partial charge in [-0.05, 0) is 55.0 Å². The number of fused-ring (bicyclic) bond motifs is 1. The van der Waals surface area contributed by atoms with Crippen molar-refractivity contribution in [1.29, 1.82) is 0 Å². The van der Waals surface area contributed by atoms with Crippen LogP contribution < -0.4 is 9.04 Å². The Morgan fingerprint density at radius 3 is 2.49 bits per heavy atom. The fourth-order valence-corrected chi connectivity index (χ4v) is 6.32. The van der Waals surface area contributed by atoms with Crippen molar-refractivity contribution in [1.82, 2.24) is 0 Å². The van der Waals surface area contributed by atoms with Crippen LogP contribution in [0.4, 0.5) is 27.6 Å². The molecule has 0 fully saturated rings. The molecular formula is C27H23ClF5NO6S. The van der Waals surface area contributed by atoms with Crippen molar-refractivity contribution in [2.75, 3.05) is 24.6 Å². The number of anilines is 1. The molecular weight excluding hydrogens is 597 g/mol. The van der Waals surface area contributed by atoms with E-state index in [2.05, 4.69) is 0 Å². The minimum atomic E-state index is -4.83. The standard InChI is InChI=1S/C27H23ClF5NO6S/c1-26(14-39-2,25(35)36)12-18-13-34(41(37,38)19-5-3-4-16(9-19)27(31,32)33)22-8-15(6-7-23(22)40-18)20-10-17(29)11-21(28)24(20)30/h3-11,18H,12-14H2,1-2H3,(H,35,36). The summed E-state index contributed by atoms with van der Waals surface area (Å²) in [6.07, 6.45) is -6.15. The quantitative estimate of drug-likeness (QED) is 0.232. The first-order valence-electron chi connectivity index (χ1n) is 11.9. The first-order chi connectivity index (χ1) is 19.1. The van der Waals surface area contributed by atoms with Gasteiger partial charge in [0.05, 0.1) is 39.7 Å². The number of carboxylic acid groups (broad SMARTS) is 1. The Labute approximate surface area is 237 Å². The Hall–Kier alpha value is -3.42. The number of nitrogens with zero attached hydrogens (tertiary/aromatic N) is 1. The molecule has 2 atom stereocenters. The molecule has 41 heavy (non-hydrogen) atoms. The number of ether oxygens (including phenoxy) is 2. The van der Waals surface area contributed by atoms with E-state index in [9.17, 15) is 40.3 Å². The molecule has 7 nitrogen and oxygen atoms in total. The van der Waals surface area contributed by atoms with Crippen molar-refractivity contribution in [2.45, 2.75) is 30.5 Å². The Morgan fingerprint density at radius 1 is 1.15 bits per heavy atom. The maximum absolute atomic E-state index is 14.8. The SMILES string of the molecule is COCC(C)(CC1CN(S(=O)(=O)c2cccc(C(F)(F)F)c2)c2cc(-c3cc(F)cc(Cl)c3F)ccc2O1)C(=O)O. The van der Waals surface area contributed by atoms with Gasteiger partial charge in [0.25, 0.3) is 10.0 Å². The summed E-state index contributed by atoms with van der Waals surface area (Å²) in [5.41, 5.74) is -3.19. The summed E-state index contributed by atoms with van der Waals surface area (Å²) < 4.78 is 108. The van der Waals surface area contributed by atoms with Gasteiger partial charge >= 0.3 is 12.1 Å². The monoisotopic (exact) mass is 619 g/mol. The average molecular weight is 620 g/mol. The number of sulfonamides is 1. The lowest BCUT2D eigenvalue weighted by Crippen LogP contribution is -2.47. The van der Waals surface area contributed by atoms with Crippen molar-refractivity contribution >= 4 is 33.3 Å². The number of hydrogen-bond acceptors (Lipinski definition) is 5. The zero-order chi connectivity index (χ0) is 30.3. The van der Waals surface area contributed by atoms with Crippen LogP contribution in [0.1, 0.15) is 18.9 Å². The van der Waals surface area contributed by atoms with Gasteiger partial charge in [-0.25, -0.2) is 17.2 Å². The van der Waals surface area contributed by atoms with E-state index in [1.54, 1.807) is 0 Å². The molecule has 0 aliphatic carbocycles. The number of rotatable bonds is 8. The first-order valence-corrected chi connectivity index (χ1v) is 13.8. The Bertz CT molecular complexity index is 1600. The van der Waals surface area contributed by atoms with Gasteiger partial charge in [-0.15, -0.1) is 0 Å². The van der Waals surface area contributed by atoms with E-state index in [0.29, 0.717) is 12.1 Å². The van der Waals surface area contributed by atoms with Crippen LogP contribution >= 0.6 is 11.6 Å². The van der Waals surface area contributed by atoms with Crippen LogP contribution in [0.5, 0.6) is 5.75 Å². The number of hydrogen-bond donors (Lipinski definition) is 1. The summed E-state index contributed by atoms with van der Waals surface area (Å²) in [4.78, 5) is 11.3. The highest BCUT2D eigenvalue weighted by molar-refractivity contribution is 7.92. The van der Waals surface area contributed by atoms with Crippen LogP contribution in [0, 0.1) is 17.0 Å². The van der Waals surface area contributed by atoms with Crippen LogP contribution in [-0.2, 0) is 25.7 Å². The topological polar surface area (TPSA) is 93.1 Å². The average Bonchev–Trinajstić information content (AvgIpc) is 2.89. The number of aliphatic carboxylic acids is 1. The van der Waals surface area contributed by atoms with Crippen LogP contribution in [0.2, 0.25) is 5.02 Å². The molecule has 0 aromatic heterocycles. The molecule has 2 unspecified atom stereocenters. The van der Waals surface area contributed by atoms with Gasteiger partial charge in [0.1, 0.15) is 23.5 Å². The molecule has 4 rings (SSSR count). The molecule has 0 radical (unpaired) electrons. The lowest BCUT2D eigenvalue weighted by Gasteiger charge is -2.38. The summed E-state index contributed by atoms with van der Waals surface area (Å²) in [6, 6.07) is 8.49. The molecule has 0 bridgehead atoms. The summed E-state index contributed by atoms with van der Waals surface area (Å²) in [5.74, 6) is -3.16. The van der Waals surface area contributed by atoms with E-state index in [1.165, 1.54) is 32.2 Å². The van der Waals surface area contributed by atoms with Crippen LogP contribution in [-0.4, -0.2) is 45.9 Å². The summed E-state index contributed by atoms with van der Waals surface area (Å²) in [7, 11) is -3.43. The third kappa shape index (κ3) is 6.11. The summed E-state index contributed by atoms with van der Waals surface area (Å²) in [6.45, 7) is 0.630. The third-order valence-corrected chi connectivity index (χ3v) is 8.65. The normalized spacial score (nSPS) is 17.0. The maximum Gasteiger partial charge on any atom is 0.416 e. The second-order valence-electron chi connectivity index (χ2n) is 9.74. The van der Waals surface area contributed by atoms with Gasteiger partial charge in [-0.1, -0.05) is 23.7 Å². The fourth-order valence-electron chi connectivity index (χ4n) is 4.57. The van der Waals surface area contributed by atoms with Gasteiger partial charge in [-0.2, -0.15) is 13.2 Å². The lowest BCUT2D eigenvalue weighted by atomic mass is 9.85. The fraction of sp³-hybridized carbons (Fsp3) is 0.296. The van der Waals surface area contributed by atoms with Gasteiger partial charge in [0.2, 0.25) is 0 Å². The highest BCUT2D eigenvalue weighted by Gasteiger charge is 2.42. The first kappa shape index (κ1) is 30.5. The smallest absolute Gasteiger partial charge is 0.416 e. The Morgan fingerprint density at radius 2 is 1.85 bits per heavy atom. The zero-order valence-corrected chi connectivity index (χ0v) is 23.1. The van der Waals surface area contributed by atoms with E-state index in [-0.39, 0.29) is 35.6 Å². The highest BCUT2D eigenvalue weighted by Crippen LogP contribution is 2.43. The highest BCUT2D eigenvalue weighted by atomic mass is 35.5. The number of halogens is 6. The van der Waals surface area contributed by atoms with Crippen molar-refractivity contribution in [3.63, 3.8) is 0 Å². The van der Waals surface area contributed by atoms with Crippen molar-refractivity contribution in [3.05, 3.63) is 76.8 Å². The molecule has 3 aromatic rings. The second-order valence-corrected chi connectivity index (χ2v) is 12.0. The van der Waals surface area contributed by atoms with Gasteiger partial charge in [0, 0.05) is 19.1 Å². The molecule has 1 heterocycles. The molecule has 3 aromatic carbocycles. The zero-order valence-electron chi connectivity index (χ0n) is 21.5. The van der Waals surface area contributed by atoms with Crippen LogP contribution in [0.3, 0.4) is 0 Å². The van der Waals surface area contributed by atoms with Gasteiger partial charge < -0.3 is 14.6 Å². The minimum Gasteiger partial charge on any atom is -0.486 e. The molecule has 220 valence electrons. The Balaban J connectivity index is 1.87. The molecule has 0 saturated heterocycles. The summed E-state index contributed by atoms with van der Waals surface area (Å²) in [5, 5.41) is 9.26. The molecule has 1 aliphatic rings.